The molecule has 0 rings (SSSR count). The third-order valence-corrected chi connectivity index (χ3v) is 6.23. The average Bonchev–Trinajstić information content (AvgIpc) is 2.75. The molecule has 0 aromatic carbocycles. The predicted octanol–water partition coefficient (Wildman–Crippen LogP) is 8.98. The first-order chi connectivity index (χ1) is 15.2. The zero-order valence-electron chi connectivity index (χ0n) is 20.8. The summed E-state index contributed by atoms with van der Waals surface area (Å²) < 4.78 is 0. The molecule has 2 N–H and O–H groups in total. The Morgan fingerprint density at radius 2 is 1.00 bits per heavy atom. The lowest BCUT2D eigenvalue weighted by Gasteiger charge is -2.10. The average molecular weight is 439 g/mol. The molecule has 0 radical (unpaired) electrons. The molecule has 3 nitrogen and oxygen atoms in total. The van der Waals surface area contributed by atoms with Gasteiger partial charge in [0.15, 0.2) is 0 Å². The number of carbonyl (C=O) groups is 1. The van der Waals surface area contributed by atoms with Crippen molar-refractivity contribution in [3.8, 4) is 0 Å². The Balaban J connectivity index is 3.19. The molecule has 0 heterocycles. The van der Waals surface area contributed by atoms with Gasteiger partial charge in [0.25, 0.3) is 0 Å². The van der Waals surface area contributed by atoms with Gasteiger partial charge in [-0.25, -0.2) is 0 Å². The summed E-state index contributed by atoms with van der Waals surface area (Å²) in [6.07, 6.45) is 31.8. The summed E-state index contributed by atoms with van der Waals surface area (Å²) >= 11 is 0. The molecule has 1 unspecified atom stereocenters. The molecule has 0 fully saturated rings. The number of unbranched alkanes of at least 4 members (excludes halogenated alkanes) is 17. The van der Waals surface area contributed by atoms with Gasteiger partial charge in [-0.2, -0.15) is 0 Å². The Morgan fingerprint density at radius 1 is 0.613 bits per heavy atom. The van der Waals surface area contributed by atoms with E-state index in [1.807, 2.05) is 0 Å². The van der Waals surface area contributed by atoms with Crippen LogP contribution < -0.4 is 0 Å². The van der Waals surface area contributed by atoms with Gasteiger partial charge in [0, 0.05) is 6.42 Å². The van der Waals surface area contributed by atoms with E-state index < -0.39 is 5.97 Å². The molecule has 184 valence electrons. The molecule has 31 heavy (non-hydrogen) atoms. The third-order valence-electron chi connectivity index (χ3n) is 6.23. The molecular weight excluding hydrogens is 384 g/mol. The Kier molecular flexibility index (Phi) is 24.7. The first-order valence-corrected chi connectivity index (χ1v) is 13.7. The second kappa shape index (κ2) is 25.4. The van der Waals surface area contributed by atoms with Crippen LogP contribution in [0.1, 0.15) is 155 Å². The van der Waals surface area contributed by atoms with E-state index in [0.717, 1.165) is 32.1 Å². The number of carboxylic acid groups (broad SMARTS) is 1. The largest absolute Gasteiger partial charge is 0.481 e. The highest BCUT2D eigenvalue weighted by Gasteiger charge is 2.04. The van der Waals surface area contributed by atoms with Gasteiger partial charge in [0.2, 0.25) is 0 Å². The zero-order chi connectivity index (χ0) is 22.8. The molecule has 0 saturated heterocycles. The maximum atomic E-state index is 10.4. The van der Waals surface area contributed by atoms with Crippen molar-refractivity contribution in [1.29, 1.82) is 0 Å². The summed E-state index contributed by atoms with van der Waals surface area (Å²) in [7, 11) is 0. The van der Waals surface area contributed by atoms with Gasteiger partial charge in [-0.1, -0.05) is 122 Å². The Hall–Kier alpha value is -0.830. The Labute approximate surface area is 194 Å². The van der Waals surface area contributed by atoms with Gasteiger partial charge < -0.3 is 10.2 Å². The summed E-state index contributed by atoms with van der Waals surface area (Å²) in [4.78, 5) is 10.4. The van der Waals surface area contributed by atoms with E-state index in [4.69, 9.17) is 5.11 Å². The van der Waals surface area contributed by atoms with Gasteiger partial charge in [0.05, 0.1) is 6.10 Å². The number of aliphatic carboxylic acids is 1. The molecule has 3 heteroatoms. The molecule has 0 saturated carbocycles. The van der Waals surface area contributed by atoms with Crippen LogP contribution in [0.3, 0.4) is 0 Å². The molecule has 1 atom stereocenters. The molecule has 0 aromatic rings. The minimum atomic E-state index is -0.672. The molecule has 0 spiro atoms. The summed E-state index contributed by atoms with van der Waals surface area (Å²) in [6.45, 7) is 2.25. The van der Waals surface area contributed by atoms with E-state index in [2.05, 4.69) is 19.1 Å². The van der Waals surface area contributed by atoms with E-state index in [-0.39, 0.29) is 6.10 Å². The maximum absolute atomic E-state index is 10.4. The highest BCUT2D eigenvalue weighted by Crippen LogP contribution is 2.15. The van der Waals surface area contributed by atoms with Crippen molar-refractivity contribution in [2.45, 2.75) is 161 Å². The fraction of sp³-hybridized carbons (Fsp3) is 0.893. The van der Waals surface area contributed by atoms with Gasteiger partial charge in [-0.3, -0.25) is 4.79 Å². The van der Waals surface area contributed by atoms with Crippen molar-refractivity contribution >= 4 is 5.97 Å². The molecule has 0 bridgehead atoms. The monoisotopic (exact) mass is 438 g/mol. The van der Waals surface area contributed by atoms with Crippen molar-refractivity contribution < 1.29 is 15.0 Å². The van der Waals surface area contributed by atoms with Crippen LogP contribution >= 0.6 is 0 Å². The van der Waals surface area contributed by atoms with Crippen molar-refractivity contribution in [2.75, 3.05) is 0 Å². The summed E-state index contributed by atoms with van der Waals surface area (Å²) in [5.41, 5.74) is 0. The fourth-order valence-electron chi connectivity index (χ4n) is 4.12. The molecule has 0 amide bonds. The number of hydrogen-bond acceptors (Lipinski definition) is 2. The predicted molar refractivity (Wildman–Crippen MR) is 135 cm³/mol. The van der Waals surface area contributed by atoms with Crippen LogP contribution in [-0.4, -0.2) is 22.3 Å². The highest BCUT2D eigenvalue weighted by molar-refractivity contribution is 5.66. The van der Waals surface area contributed by atoms with Crippen molar-refractivity contribution in [3.05, 3.63) is 12.2 Å². The molecule has 0 aromatic heterocycles. The number of aliphatic hydroxyl groups excluding tert-OH is 1. The fourth-order valence-corrected chi connectivity index (χ4v) is 4.12. The zero-order valence-corrected chi connectivity index (χ0v) is 20.8. The normalized spacial score (nSPS) is 12.6. The van der Waals surface area contributed by atoms with Crippen LogP contribution in [0.2, 0.25) is 0 Å². The van der Waals surface area contributed by atoms with E-state index in [1.54, 1.807) is 0 Å². The maximum Gasteiger partial charge on any atom is 0.303 e. The smallest absolute Gasteiger partial charge is 0.303 e. The van der Waals surface area contributed by atoms with Crippen molar-refractivity contribution in [3.63, 3.8) is 0 Å². The van der Waals surface area contributed by atoms with Crippen LogP contribution in [0.15, 0.2) is 12.2 Å². The number of rotatable bonds is 25. The SMILES string of the molecule is CCCC/C=C\CCCCCCCCCC(O)CCCCCCCCCCCC(=O)O. The Morgan fingerprint density at radius 3 is 1.45 bits per heavy atom. The third kappa shape index (κ3) is 27.1. The number of aliphatic hydroxyl groups is 1. The van der Waals surface area contributed by atoms with Crippen LogP contribution in [-0.2, 0) is 4.79 Å². The van der Waals surface area contributed by atoms with Crippen LogP contribution in [0, 0.1) is 0 Å². The highest BCUT2D eigenvalue weighted by atomic mass is 16.4. The second-order valence-electron chi connectivity index (χ2n) is 9.43. The molecule has 0 aliphatic carbocycles. The minimum Gasteiger partial charge on any atom is -0.481 e. The van der Waals surface area contributed by atoms with Crippen LogP contribution in [0.4, 0.5) is 0 Å². The topological polar surface area (TPSA) is 57.5 Å². The molecular formula is C28H54O3. The lowest BCUT2D eigenvalue weighted by molar-refractivity contribution is -0.137. The van der Waals surface area contributed by atoms with Crippen molar-refractivity contribution in [2.24, 2.45) is 0 Å². The van der Waals surface area contributed by atoms with E-state index in [0.29, 0.717) is 6.42 Å². The first-order valence-electron chi connectivity index (χ1n) is 13.7. The first kappa shape index (κ1) is 30.2. The summed E-state index contributed by atoms with van der Waals surface area (Å²) in [5, 5.41) is 18.7. The quantitative estimate of drug-likeness (QED) is 0.110. The number of hydrogen-bond donors (Lipinski definition) is 2. The van der Waals surface area contributed by atoms with Crippen LogP contribution in [0.25, 0.3) is 0 Å². The number of allylic oxidation sites excluding steroid dienone is 2. The standard InChI is InChI=1S/C28H54O3/c1-2-3-4-5-6-7-8-9-10-12-15-18-21-24-27(29)25-22-19-16-13-11-14-17-20-23-26-28(30)31/h5-6,27,29H,2-4,7-26H2,1H3,(H,30,31)/b6-5-. The molecule has 0 aliphatic rings. The minimum absolute atomic E-state index is 0.0891. The second-order valence-corrected chi connectivity index (χ2v) is 9.43. The van der Waals surface area contributed by atoms with Gasteiger partial charge in [-0.05, 0) is 38.5 Å². The number of carboxylic acids is 1. The van der Waals surface area contributed by atoms with Crippen molar-refractivity contribution in [1.82, 2.24) is 0 Å². The van der Waals surface area contributed by atoms with Gasteiger partial charge in [0.1, 0.15) is 0 Å². The lowest BCUT2D eigenvalue weighted by atomic mass is 10.0. The van der Waals surface area contributed by atoms with Crippen LogP contribution in [0.5, 0.6) is 0 Å². The Bertz CT molecular complexity index is 392. The van der Waals surface area contributed by atoms with Gasteiger partial charge in [-0.15, -0.1) is 0 Å². The van der Waals surface area contributed by atoms with Gasteiger partial charge >= 0.3 is 5.97 Å². The van der Waals surface area contributed by atoms with E-state index >= 15 is 0 Å². The summed E-state index contributed by atoms with van der Waals surface area (Å²) in [5.74, 6) is -0.672. The lowest BCUT2D eigenvalue weighted by Crippen LogP contribution is -2.05. The van der Waals surface area contributed by atoms with E-state index in [9.17, 15) is 9.90 Å². The summed E-state index contributed by atoms with van der Waals surface area (Å²) in [6, 6.07) is 0. The van der Waals surface area contributed by atoms with E-state index in [1.165, 1.54) is 109 Å². The molecule has 0 aliphatic heterocycles.